The van der Waals surface area contributed by atoms with E-state index in [1.807, 2.05) is 23.1 Å². The predicted octanol–water partition coefficient (Wildman–Crippen LogP) is 5.39. The summed E-state index contributed by atoms with van der Waals surface area (Å²) in [6, 6.07) is 5.53. The maximum Gasteiger partial charge on any atom is 0.255 e. The third-order valence-corrected chi connectivity index (χ3v) is 5.72. The molecule has 0 N–H and O–H groups in total. The average Bonchev–Trinajstić information content (AvgIpc) is 2.66. The minimum absolute atomic E-state index is 0.0517. The highest BCUT2D eigenvalue weighted by Crippen LogP contribution is 2.35. The van der Waals surface area contributed by atoms with Crippen molar-refractivity contribution in [1.82, 2.24) is 4.90 Å². The van der Waals surface area contributed by atoms with Crippen molar-refractivity contribution < 1.29 is 4.79 Å². The molecular formula is C17H23BrClNO. The topological polar surface area (TPSA) is 20.3 Å². The second kappa shape index (κ2) is 6.70. The molecule has 116 valence electrons. The minimum atomic E-state index is 0.0517. The summed E-state index contributed by atoms with van der Waals surface area (Å²) in [6.45, 7) is 8.53. The van der Waals surface area contributed by atoms with Crippen LogP contribution >= 0.6 is 27.5 Å². The van der Waals surface area contributed by atoms with Crippen LogP contribution < -0.4 is 0 Å². The van der Waals surface area contributed by atoms with E-state index in [1.165, 1.54) is 6.42 Å². The van der Waals surface area contributed by atoms with E-state index in [9.17, 15) is 4.79 Å². The number of carbonyl (C=O) groups excluding carboxylic acids is 1. The molecule has 2 nitrogen and oxygen atoms in total. The van der Waals surface area contributed by atoms with Crippen LogP contribution in [0.25, 0.3) is 0 Å². The molecular weight excluding hydrogens is 350 g/mol. The van der Waals surface area contributed by atoms with Crippen molar-refractivity contribution in [3.63, 3.8) is 0 Å². The van der Waals surface area contributed by atoms with E-state index in [4.69, 9.17) is 11.6 Å². The first-order valence-electron chi connectivity index (χ1n) is 7.54. The molecule has 1 heterocycles. The lowest BCUT2D eigenvalue weighted by Gasteiger charge is -2.29. The standard InChI is InChI=1S/C17H23BrClNO/c1-17(2,3)12-6-5-10-20(11-9-12)16(21)13-7-4-8-14(18)15(13)19/h4,7-8,12H,5-6,9-11H2,1-3H3. The fraction of sp³-hybridized carbons (Fsp3) is 0.588. The fourth-order valence-electron chi connectivity index (χ4n) is 3.00. The van der Waals surface area contributed by atoms with Gasteiger partial charge in [0.15, 0.2) is 0 Å². The van der Waals surface area contributed by atoms with Gasteiger partial charge in [-0.2, -0.15) is 0 Å². The van der Waals surface area contributed by atoms with Gasteiger partial charge in [0.05, 0.1) is 10.6 Å². The largest absolute Gasteiger partial charge is 0.339 e. The summed E-state index contributed by atoms with van der Waals surface area (Å²) in [5, 5.41) is 0.513. The minimum Gasteiger partial charge on any atom is -0.339 e. The van der Waals surface area contributed by atoms with Gasteiger partial charge in [0.2, 0.25) is 0 Å². The number of likely N-dealkylation sites (tertiary alicyclic amines) is 1. The highest BCUT2D eigenvalue weighted by molar-refractivity contribution is 9.10. The van der Waals surface area contributed by atoms with Crippen LogP contribution in [0.3, 0.4) is 0 Å². The third kappa shape index (κ3) is 4.01. The lowest BCUT2D eigenvalue weighted by Crippen LogP contribution is -2.32. The van der Waals surface area contributed by atoms with Gasteiger partial charge in [-0.25, -0.2) is 0 Å². The molecule has 0 aromatic heterocycles. The Labute approximate surface area is 141 Å². The van der Waals surface area contributed by atoms with Gasteiger partial charge in [-0.1, -0.05) is 38.4 Å². The smallest absolute Gasteiger partial charge is 0.255 e. The first kappa shape index (κ1) is 16.8. The van der Waals surface area contributed by atoms with E-state index in [2.05, 4.69) is 36.7 Å². The zero-order valence-corrected chi connectivity index (χ0v) is 15.3. The maximum absolute atomic E-state index is 12.7. The molecule has 1 amide bonds. The molecule has 21 heavy (non-hydrogen) atoms. The summed E-state index contributed by atoms with van der Waals surface area (Å²) in [6.07, 6.45) is 3.33. The van der Waals surface area contributed by atoms with Gasteiger partial charge in [0.25, 0.3) is 5.91 Å². The molecule has 0 bridgehead atoms. The molecule has 1 atom stereocenters. The normalized spacial score (nSPS) is 20.2. The monoisotopic (exact) mass is 371 g/mol. The van der Waals surface area contributed by atoms with Gasteiger partial charge in [0, 0.05) is 17.6 Å². The van der Waals surface area contributed by atoms with Gasteiger partial charge in [0.1, 0.15) is 0 Å². The molecule has 4 heteroatoms. The van der Waals surface area contributed by atoms with Crippen LogP contribution in [0.2, 0.25) is 5.02 Å². The number of hydrogen-bond acceptors (Lipinski definition) is 1. The summed E-state index contributed by atoms with van der Waals surface area (Å²) < 4.78 is 0.775. The van der Waals surface area contributed by atoms with Crippen molar-refractivity contribution in [2.45, 2.75) is 40.0 Å². The first-order valence-corrected chi connectivity index (χ1v) is 8.71. The Morgan fingerprint density at radius 1 is 1.29 bits per heavy atom. The van der Waals surface area contributed by atoms with Gasteiger partial charge in [-0.3, -0.25) is 4.79 Å². The Hall–Kier alpha value is -0.540. The molecule has 1 aliphatic rings. The van der Waals surface area contributed by atoms with Crippen LogP contribution in [-0.2, 0) is 0 Å². The fourth-order valence-corrected chi connectivity index (χ4v) is 3.58. The van der Waals surface area contributed by atoms with Crippen molar-refractivity contribution in [2.24, 2.45) is 11.3 Å². The molecule has 1 aromatic carbocycles. The van der Waals surface area contributed by atoms with E-state index in [-0.39, 0.29) is 5.91 Å². The Morgan fingerprint density at radius 3 is 2.67 bits per heavy atom. The number of nitrogens with zero attached hydrogens (tertiary/aromatic N) is 1. The number of rotatable bonds is 1. The Balaban J connectivity index is 2.12. The highest BCUT2D eigenvalue weighted by atomic mass is 79.9. The Morgan fingerprint density at radius 2 is 2.00 bits per heavy atom. The first-order chi connectivity index (χ1) is 9.80. The van der Waals surface area contributed by atoms with E-state index in [0.29, 0.717) is 21.9 Å². The molecule has 2 rings (SSSR count). The molecule has 1 fully saturated rings. The van der Waals surface area contributed by atoms with Crippen LogP contribution in [-0.4, -0.2) is 23.9 Å². The second-order valence-electron chi connectivity index (χ2n) is 6.89. The van der Waals surface area contributed by atoms with Crippen LogP contribution in [0, 0.1) is 11.3 Å². The summed E-state index contributed by atoms with van der Waals surface area (Å²) in [7, 11) is 0. The number of hydrogen-bond donors (Lipinski definition) is 0. The maximum atomic E-state index is 12.7. The van der Waals surface area contributed by atoms with Crippen molar-refractivity contribution in [3.05, 3.63) is 33.3 Å². The van der Waals surface area contributed by atoms with E-state index < -0.39 is 0 Å². The van der Waals surface area contributed by atoms with Gasteiger partial charge in [-0.05, 0) is 58.7 Å². The molecule has 1 aromatic rings. The van der Waals surface area contributed by atoms with Crippen molar-refractivity contribution in [3.8, 4) is 0 Å². The number of benzene rings is 1. The van der Waals surface area contributed by atoms with Gasteiger partial charge < -0.3 is 4.90 Å². The predicted molar refractivity (Wildman–Crippen MR) is 91.9 cm³/mol. The average molecular weight is 373 g/mol. The zero-order valence-electron chi connectivity index (χ0n) is 13.0. The van der Waals surface area contributed by atoms with E-state index >= 15 is 0 Å². The molecule has 1 aliphatic heterocycles. The molecule has 1 unspecified atom stereocenters. The zero-order chi connectivity index (χ0) is 15.6. The summed E-state index contributed by atoms with van der Waals surface area (Å²) in [5.41, 5.74) is 0.909. The SMILES string of the molecule is CC(C)(C)C1CCCN(C(=O)c2cccc(Br)c2Cl)CC1. The number of halogens is 2. The third-order valence-electron chi connectivity index (χ3n) is 4.42. The lowest BCUT2D eigenvalue weighted by atomic mass is 9.77. The van der Waals surface area contributed by atoms with Crippen LogP contribution in [0.1, 0.15) is 50.4 Å². The van der Waals surface area contributed by atoms with Crippen molar-refractivity contribution in [1.29, 1.82) is 0 Å². The molecule has 0 aliphatic carbocycles. The number of amides is 1. The summed E-state index contributed by atoms with van der Waals surface area (Å²) in [5.74, 6) is 0.726. The van der Waals surface area contributed by atoms with Crippen LogP contribution in [0.5, 0.6) is 0 Å². The Bertz CT molecular complexity index is 524. The molecule has 0 spiro atoms. The lowest BCUT2D eigenvalue weighted by molar-refractivity contribution is 0.0755. The van der Waals surface area contributed by atoms with Crippen molar-refractivity contribution >= 4 is 33.4 Å². The van der Waals surface area contributed by atoms with Crippen LogP contribution in [0.15, 0.2) is 22.7 Å². The quantitative estimate of drug-likeness (QED) is 0.647. The summed E-state index contributed by atoms with van der Waals surface area (Å²) >= 11 is 9.64. The van der Waals surface area contributed by atoms with E-state index in [0.717, 1.165) is 30.4 Å². The molecule has 0 saturated carbocycles. The van der Waals surface area contributed by atoms with Crippen LogP contribution in [0.4, 0.5) is 0 Å². The van der Waals surface area contributed by atoms with E-state index in [1.54, 1.807) is 0 Å². The summed E-state index contributed by atoms with van der Waals surface area (Å²) in [4.78, 5) is 14.7. The second-order valence-corrected chi connectivity index (χ2v) is 8.12. The Kier molecular flexibility index (Phi) is 5.37. The number of carbonyl (C=O) groups is 1. The molecule has 0 radical (unpaired) electrons. The van der Waals surface area contributed by atoms with Gasteiger partial charge >= 0.3 is 0 Å². The highest BCUT2D eigenvalue weighted by Gasteiger charge is 2.29. The van der Waals surface area contributed by atoms with Gasteiger partial charge in [-0.15, -0.1) is 0 Å². The molecule has 1 saturated heterocycles. The van der Waals surface area contributed by atoms with Crippen molar-refractivity contribution in [2.75, 3.05) is 13.1 Å².